The molecule has 1 saturated carbocycles. The Balaban J connectivity index is 2.18. The number of non-ortho nitro benzene ring substituents is 1. The summed E-state index contributed by atoms with van der Waals surface area (Å²) in [5.41, 5.74) is 4.92. The van der Waals surface area contributed by atoms with E-state index in [0.717, 1.165) is 25.3 Å². The summed E-state index contributed by atoms with van der Waals surface area (Å²) >= 11 is 0. The maximum atomic E-state index is 12.2. The van der Waals surface area contributed by atoms with Crippen LogP contribution in [-0.4, -0.2) is 21.5 Å². The van der Waals surface area contributed by atoms with Crippen molar-refractivity contribution in [2.45, 2.75) is 37.6 Å². The van der Waals surface area contributed by atoms with Gasteiger partial charge in [-0.1, -0.05) is 19.3 Å². The van der Waals surface area contributed by atoms with E-state index in [1.54, 1.807) is 0 Å². The number of phenolic OH excluding ortho intramolecular Hbond substituents is 1. The lowest BCUT2D eigenvalue weighted by Crippen LogP contribution is -2.52. The van der Waals surface area contributed by atoms with Crippen molar-refractivity contribution in [2.75, 3.05) is 5.32 Å². The van der Waals surface area contributed by atoms with Crippen LogP contribution in [-0.2, 0) is 4.79 Å². The number of hydrogen-bond acceptors (Lipinski definition) is 5. The molecule has 0 unspecified atom stereocenters. The molecule has 108 valence electrons. The first-order valence-electron chi connectivity index (χ1n) is 6.50. The average Bonchev–Trinajstić information content (AvgIpc) is 2.41. The molecule has 1 aromatic carbocycles. The lowest BCUT2D eigenvalue weighted by Gasteiger charge is -2.31. The van der Waals surface area contributed by atoms with Crippen molar-refractivity contribution in [3.63, 3.8) is 0 Å². The summed E-state index contributed by atoms with van der Waals surface area (Å²) in [5, 5.41) is 22.9. The molecule has 0 aromatic heterocycles. The fraction of sp³-hybridized carbons (Fsp3) is 0.462. The molecule has 0 radical (unpaired) electrons. The van der Waals surface area contributed by atoms with Crippen molar-refractivity contribution < 1.29 is 14.8 Å². The fourth-order valence-electron chi connectivity index (χ4n) is 2.39. The van der Waals surface area contributed by atoms with Gasteiger partial charge in [0.1, 0.15) is 5.75 Å². The standard InChI is InChI=1S/C13H17N3O4/c14-13(6-2-1-3-7-13)12(18)15-10-8-9(16(19)20)4-5-11(10)17/h4-5,8,17H,1-3,6-7,14H2,(H,15,18). The summed E-state index contributed by atoms with van der Waals surface area (Å²) in [5.74, 6) is -0.628. The molecule has 1 aromatic rings. The molecule has 0 saturated heterocycles. The monoisotopic (exact) mass is 279 g/mol. The van der Waals surface area contributed by atoms with Crippen LogP contribution in [0.3, 0.4) is 0 Å². The summed E-state index contributed by atoms with van der Waals surface area (Å²) in [7, 11) is 0. The Morgan fingerprint density at radius 3 is 2.60 bits per heavy atom. The highest BCUT2D eigenvalue weighted by atomic mass is 16.6. The predicted molar refractivity (Wildman–Crippen MR) is 73.4 cm³/mol. The Hall–Kier alpha value is -2.15. The number of phenols is 1. The zero-order valence-electron chi connectivity index (χ0n) is 11.0. The van der Waals surface area contributed by atoms with Crippen molar-refractivity contribution >= 4 is 17.3 Å². The summed E-state index contributed by atoms with van der Waals surface area (Å²) in [6, 6.07) is 3.47. The number of nitrogens with two attached hydrogens (primary N) is 1. The second kappa shape index (κ2) is 5.46. The van der Waals surface area contributed by atoms with Gasteiger partial charge in [-0.15, -0.1) is 0 Å². The first kappa shape index (κ1) is 14.3. The first-order chi connectivity index (χ1) is 9.42. The SMILES string of the molecule is NC1(C(=O)Nc2cc([N+](=O)[O-])ccc2O)CCCCC1. The largest absolute Gasteiger partial charge is 0.506 e. The molecule has 0 bridgehead atoms. The van der Waals surface area contributed by atoms with Crippen molar-refractivity contribution in [3.05, 3.63) is 28.3 Å². The van der Waals surface area contributed by atoms with Crippen LogP contribution >= 0.6 is 0 Å². The normalized spacial score (nSPS) is 17.4. The van der Waals surface area contributed by atoms with Crippen molar-refractivity contribution in [2.24, 2.45) is 5.73 Å². The van der Waals surface area contributed by atoms with E-state index in [2.05, 4.69) is 5.32 Å². The van der Waals surface area contributed by atoms with E-state index in [4.69, 9.17) is 5.73 Å². The zero-order chi connectivity index (χ0) is 14.8. The van der Waals surface area contributed by atoms with Gasteiger partial charge in [0.15, 0.2) is 0 Å². The van der Waals surface area contributed by atoms with E-state index in [0.29, 0.717) is 12.8 Å². The molecular weight excluding hydrogens is 262 g/mol. The number of amides is 1. The number of nitrogens with one attached hydrogen (secondary N) is 1. The molecule has 1 aliphatic carbocycles. The predicted octanol–water partition coefficient (Wildman–Crippen LogP) is 1.90. The maximum Gasteiger partial charge on any atom is 0.271 e. The van der Waals surface area contributed by atoms with Gasteiger partial charge in [-0.25, -0.2) is 0 Å². The molecule has 0 heterocycles. The molecule has 2 rings (SSSR count). The van der Waals surface area contributed by atoms with Crippen molar-refractivity contribution in [1.82, 2.24) is 0 Å². The number of rotatable bonds is 3. The van der Waals surface area contributed by atoms with Crippen LogP contribution in [0.15, 0.2) is 18.2 Å². The molecule has 1 fully saturated rings. The molecule has 4 N–H and O–H groups in total. The maximum absolute atomic E-state index is 12.2. The van der Waals surface area contributed by atoms with Gasteiger partial charge in [-0.3, -0.25) is 14.9 Å². The highest BCUT2D eigenvalue weighted by Crippen LogP contribution is 2.31. The van der Waals surface area contributed by atoms with E-state index in [1.165, 1.54) is 12.1 Å². The number of nitrogens with zero attached hydrogens (tertiary/aromatic N) is 1. The highest BCUT2D eigenvalue weighted by molar-refractivity contribution is 5.99. The number of carbonyl (C=O) groups excluding carboxylic acids is 1. The summed E-state index contributed by atoms with van der Waals surface area (Å²) < 4.78 is 0. The van der Waals surface area contributed by atoms with Crippen LogP contribution in [0.25, 0.3) is 0 Å². The molecular formula is C13H17N3O4. The fourth-order valence-corrected chi connectivity index (χ4v) is 2.39. The average molecular weight is 279 g/mol. The molecule has 20 heavy (non-hydrogen) atoms. The molecule has 1 amide bonds. The molecule has 0 aliphatic heterocycles. The smallest absolute Gasteiger partial charge is 0.271 e. The first-order valence-corrected chi connectivity index (χ1v) is 6.50. The minimum absolute atomic E-state index is 0.0135. The summed E-state index contributed by atoms with van der Waals surface area (Å²) in [6.45, 7) is 0. The van der Waals surface area contributed by atoms with Gasteiger partial charge in [0, 0.05) is 12.1 Å². The third-order valence-electron chi connectivity index (χ3n) is 3.64. The van der Waals surface area contributed by atoms with Crippen LogP contribution in [0.4, 0.5) is 11.4 Å². The second-order valence-electron chi connectivity index (χ2n) is 5.13. The highest BCUT2D eigenvalue weighted by Gasteiger charge is 2.35. The number of benzene rings is 1. The Kier molecular flexibility index (Phi) is 3.89. The van der Waals surface area contributed by atoms with E-state index >= 15 is 0 Å². The van der Waals surface area contributed by atoms with Crippen molar-refractivity contribution in [1.29, 1.82) is 0 Å². The molecule has 1 aliphatic rings. The van der Waals surface area contributed by atoms with E-state index in [9.17, 15) is 20.0 Å². The van der Waals surface area contributed by atoms with Crippen LogP contribution in [0.2, 0.25) is 0 Å². The molecule has 0 atom stereocenters. The minimum Gasteiger partial charge on any atom is -0.506 e. The number of anilines is 1. The zero-order valence-corrected chi connectivity index (χ0v) is 11.0. The Labute approximate surface area is 115 Å². The van der Waals surface area contributed by atoms with Gasteiger partial charge in [-0.05, 0) is 18.9 Å². The lowest BCUT2D eigenvalue weighted by atomic mass is 9.82. The van der Waals surface area contributed by atoms with Gasteiger partial charge in [0.05, 0.1) is 16.1 Å². The number of nitro benzene ring substituents is 1. The second-order valence-corrected chi connectivity index (χ2v) is 5.13. The van der Waals surface area contributed by atoms with Gasteiger partial charge in [0.2, 0.25) is 5.91 Å². The van der Waals surface area contributed by atoms with Crippen LogP contribution in [0.1, 0.15) is 32.1 Å². The summed E-state index contributed by atoms with van der Waals surface area (Å²) in [4.78, 5) is 22.3. The van der Waals surface area contributed by atoms with Gasteiger partial charge >= 0.3 is 0 Å². The van der Waals surface area contributed by atoms with E-state index in [1.807, 2.05) is 0 Å². The minimum atomic E-state index is -0.963. The van der Waals surface area contributed by atoms with Crippen LogP contribution in [0.5, 0.6) is 5.75 Å². The Morgan fingerprint density at radius 1 is 1.35 bits per heavy atom. The van der Waals surface area contributed by atoms with Crippen LogP contribution in [0, 0.1) is 10.1 Å². The number of aromatic hydroxyl groups is 1. The van der Waals surface area contributed by atoms with Gasteiger partial charge in [-0.2, -0.15) is 0 Å². The van der Waals surface area contributed by atoms with Crippen molar-refractivity contribution in [3.8, 4) is 5.75 Å². The Bertz CT molecular complexity index is 538. The molecule has 0 spiro atoms. The third-order valence-corrected chi connectivity index (χ3v) is 3.64. The Morgan fingerprint density at radius 2 is 2.00 bits per heavy atom. The van der Waals surface area contributed by atoms with Gasteiger partial charge < -0.3 is 16.2 Å². The number of carbonyl (C=O) groups is 1. The summed E-state index contributed by atoms with van der Waals surface area (Å²) in [6.07, 6.45) is 3.97. The van der Waals surface area contributed by atoms with E-state index < -0.39 is 16.4 Å². The number of nitro groups is 1. The quantitative estimate of drug-likeness (QED) is 0.443. The van der Waals surface area contributed by atoms with Gasteiger partial charge in [0.25, 0.3) is 5.69 Å². The van der Waals surface area contributed by atoms with E-state index in [-0.39, 0.29) is 17.1 Å². The molecule has 7 heteroatoms. The van der Waals surface area contributed by atoms with Crippen LogP contribution < -0.4 is 11.1 Å². The number of hydrogen-bond donors (Lipinski definition) is 3. The lowest BCUT2D eigenvalue weighted by molar-refractivity contribution is -0.384. The third kappa shape index (κ3) is 2.88. The molecule has 7 nitrogen and oxygen atoms in total. The topological polar surface area (TPSA) is 118 Å².